The van der Waals surface area contributed by atoms with Gasteiger partial charge >= 0.3 is 0 Å². The molecule has 2 amide bonds. The van der Waals surface area contributed by atoms with Gasteiger partial charge in [-0.15, -0.1) is 0 Å². The molecule has 0 spiro atoms. The molecule has 1 aromatic heterocycles. The van der Waals surface area contributed by atoms with E-state index in [1.165, 1.54) is 12.1 Å². The highest BCUT2D eigenvalue weighted by molar-refractivity contribution is 5.84. The van der Waals surface area contributed by atoms with E-state index in [2.05, 4.69) is 0 Å². The quantitative estimate of drug-likeness (QED) is 0.669. The van der Waals surface area contributed by atoms with Crippen molar-refractivity contribution in [3.8, 4) is 0 Å². The van der Waals surface area contributed by atoms with Gasteiger partial charge in [0, 0.05) is 19.5 Å². The molecule has 1 heterocycles. The summed E-state index contributed by atoms with van der Waals surface area (Å²) >= 11 is 0. The minimum absolute atomic E-state index is 0.0292. The smallest absolute Gasteiger partial charge is 0.242 e. The first-order valence-electron chi connectivity index (χ1n) is 9.28. The minimum Gasteiger partial charge on any atom is -0.464 e. The van der Waals surface area contributed by atoms with Gasteiger partial charge in [-0.2, -0.15) is 0 Å². The third-order valence-electron chi connectivity index (χ3n) is 4.26. The summed E-state index contributed by atoms with van der Waals surface area (Å²) in [5.41, 5.74) is 0.817. The molecule has 0 radical (unpaired) electrons. The van der Waals surface area contributed by atoms with Crippen LogP contribution in [0.2, 0.25) is 0 Å². The van der Waals surface area contributed by atoms with Gasteiger partial charge in [-0.3, -0.25) is 9.59 Å². The summed E-state index contributed by atoms with van der Waals surface area (Å²) in [5, 5.41) is 0. The van der Waals surface area contributed by atoms with Gasteiger partial charge < -0.3 is 14.2 Å². The van der Waals surface area contributed by atoms with Gasteiger partial charge in [-0.25, -0.2) is 4.39 Å². The van der Waals surface area contributed by atoms with Crippen molar-refractivity contribution in [3.63, 3.8) is 0 Å². The average molecular weight is 374 g/mol. The van der Waals surface area contributed by atoms with Crippen molar-refractivity contribution in [2.75, 3.05) is 13.1 Å². The van der Waals surface area contributed by atoms with Crippen LogP contribution in [0.25, 0.3) is 0 Å². The van der Waals surface area contributed by atoms with Crippen molar-refractivity contribution in [2.45, 2.75) is 46.7 Å². The van der Waals surface area contributed by atoms with E-state index >= 15 is 0 Å². The second-order valence-corrected chi connectivity index (χ2v) is 6.56. The van der Waals surface area contributed by atoms with Gasteiger partial charge in [0.2, 0.25) is 11.8 Å². The van der Waals surface area contributed by atoms with E-state index in [4.69, 9.17) is 4.42 Å². The van der Waals surface area contributed by atoms with Gasteiger partial charge in [-0.05, 0) is 43.2 Å². The molecular weight excluding hydrogens is 347 g/mol. The Morgan fingerprint density at radius 2 is 1.67 bits per heavy atom. The monoisotopic (exact) mass is 374 g/mol. The first kappa shape index (κ1) is 20.7. The van der Waals surface area contributed by atoms with Gasteiger partial charge in [0.25, 0.3) is 0 Å². The van der Waals surface area contributed by atoms with Crippen molar-refractivity contribution in [1.29, 1.82) is 0 Å². The van der Waals surface area contributed by atoms with Crippen LogP contribution in [0.4, 0.5) is 4.39 Å². The lowest BCUT2D eigenvalue weighted by molar-refractivity contribution is -0.141. The second kappa shape index (κ2) is 9.90. The lowest BCUT2D eigenvalue weighted by Gasteiger charge is -2.27. The van der Waals surface area contributed by atoms with Crippen LogP contribution in [0.5, 0.6) is 0 Å². The molecule has 0 saturated carbocycles. The van der Waals surface area contributed by atoms with Crippen molar-refractivity contribution in [1.82, 2.24) is 9.80 Å². The maximum atomic E-state index is 13.2. The summed E-state index contributed by atoms with van der Waals surface area (Å²) in [5.74, 6) is 0.921. The zero-order valence-electron chi connectivity index (χ0n) is 16.2. The number of hydrogen-bond donors (Lipinski definition) is 0. The number of carbonyl (C=O) groups excluding carboxylic acids is 2. The molecule has 0 aliphatic rings. The molecule has 146 valence electrons. The van der Waals surface area contributed by atoms with E-state index in [0.29, 0.717) is 31.8 Å². The minimum atomic E-state index is -0.319. The second-order valence-electron chi connectivity index (χ2n) is 6.56. The molecule has 5 nitrogen and oxygen atoms in total. The molecule has 1 aromatic carbocycles. The van der Waals surface area contributed by atoms with E-state index in [-0.39, 0.29) is 24.2 Å². The zero-order chi connectivity index (χ0) is 19.8. The SMILES string of the molecule is CCCN(CC(=O)N(Cc1ccc(F)cc1)Cc1ccc(C)o1)C(=O)CC. The third kappa shape index (κ3) is 6.24. The Labute approximate surface area is 159 Å². The molecule has 0 aliphatic carbocycles. The Kier molecular flexibility index (Phi) is 7.58. The largest absolute Gasteiger partial charge is 0.464 e. The van der Waals surface area contributed by atoms with E-state index in [9.17, 15) is 14.0 Å². The molecule has 0 fully saturated rings. The van der Waals surface area contributed by atoms with Gasteiger partial charge in [0.1, 0.15) is 17.3 Å². The van der Waals surface area contributed by atoms with E-state index in [1.807, 2.05) is 26.0 Å². The third-order valence-corrected chi connectivity index (χ3v) is 4.26. The van der Waals surface area contributed by atoms with Crippen LogP contribution in [0.1, 0.15) is 43.8 Å². The summed E-state index contributed by atoms with van der Waals surface area (Å²) < 4.78 is 18.8. The van der Waals surface area contributed by atoms with Crippen molar-refractivity contribution in [2.24, 2.45) is 0 Å². The molecule has 0 bridgehead atoms. The van der Waals surface area contributed by atoms with Crippen LogP contribution in [0.3, 0.4) is 0 Å². The van der Waals surface area contributed by atoms with Crippen molar-refractivity contribution >= 4 is 11.8 Å². The number of carbonyl (C=O) groups is 2. The van der Waals surface area contributed by atoms with Crippen LogP contribution in [0.15, 0.2) is 40.8 Å². The topological polar surface area (TPSA) is 53.8 Å². The number of benzene rings is 1. The standard InChI is InChI=1S/C21H27FN2O3/c1-4-12-23(20(25)5-2)15-21(26)24(14-19-11-6-16(3)27-19)13-17-7-9-18(22)10-8-17/h6-11H,4-5,12-15H2,1-3H3. The summed E-state index contributed by atoms with van der Waals surface area (Å²) in [7, 11) is 0. The van der Waals surface area contributed by atoms with Crippen LogP contribution in [-0.2, 0) is 22.7 Å². The predicted octanol–water partition coefficient (Wildman–Crippen LogP) is 3.90. The number of nitrogens with zero attached hydrogens (tertiary/aromatic N) is 2. The first-order valence-corrected chi connectivity index (χ1v) is 9.28. The molecule has 0 saturated heterocycles. The highest BCUT2D eigenvalue weighted by Gasteiger charge is 2.21. The van der Waals surface area contributed by atoms with E-state index in [0.717, 1.165) is 17.7 Å². The lowest BCUT2D eigenvalue weighted by atomic mass is 10.2. The summed E-state index contributed by atoms with van der Waals surface area (Å²) in [6, 6.07) is 9.74. The molecule has 0 N–H and O–H groups in total. The Hall–Kier alpha value is -2.63. The number of rotatable bonds is 9. The van der Waals surface area contributed by atoms with Gasteiger partial charge in [-0.1, -0.05) is 26.0 Å². The number of furan rings is 1. The molecule has 0 atom stereocenters. The predicted molar refractivity (Wildman–Crippen MR) is 101 cm³/mol. The molecule has 0 aliphatic heterocycles. The molecule has 27 heavy (non-hydrogen) atoms. The van der Waals surface area contributed by atoms with Crippen molar-refractivity contribution in [3.05, 3.63) is 59.3 Å². The van der Waals surface area contributed by atoms with Crippen LogP contribution in [-0.4, -0.2) is 34.7 Å². The Morgan fingerprint density at radius 3 is 2.22 bits per heavy atom. The lowest BCUT2D eigenvalue weighted by Crippen LogP contribution is -2.42. The first-order chi connectivity index (χ1) is 12.9. The molecule has 6 heteroatoms. The van der Waals surface area contributed by atoms with Crippen LogP contribution in [0, 0.1) is 12.7 Å². The van der Waals surface area contributed by atoms with E-state index in [1.54, 1.807) is 28.9 Å². The Balaban J connectivity index is 2.17. The fraction of sp³-hybridized carbons (Fsp3) is 0.429. The maximum Gasteiger partial charge on any atom is 0.242 e. The fourth-order valence-corrected chi connectivity index (χ4v) is 2.85. The number of hydrogen-bond acceptors (Lipinski definition) is 3. The average Bonchev–Trinajstić information content (AvgIpc) is 3.06. The van der Waals surface area contributed by atoms with Gasteiger partial charge in [0.15, 0.2) is 0 Å². The molecular formula is C21H27FN2O3. The highest BCUT2D eigenvalue weighted by Crippen LogP contribution is 2.14. The fourth-order valence-electron chi connectivity index (χ4n) is 2.85. The summed E-state index contributed by atoms with van der Waals surface area (Å²) in [6.45, 7) is 6.80. The van der Waals surface area contributed by atoms with Crippen LogP contribution < -0.4 is 0 Å². The van der Waals surface area contributed by atoms with Crippen molar-refractivity contribution < 1.29 is 18.4 Å². The number of halogens is 1. The summed E-state index contributed by atoms with van der Waals surface area (Å²) in [6.07, 6.45) is 1.15. The maximum absolute atomic E-state index is 13.2. The highest BCUT2D eigenvalue weighted by atomic mass is 19.1. The molecule has 2 aromatic rings. The zero-order valence-corrected chi connectivity index (χ0v) is 16.2. The number of aryl methyl sites for hydroxylation is 1. The Bertz CT molecular complexity index is 755. The molecule has 2 rings (SSSR count). The number of amides is 2. The summed E-state index contributed by atoms with van der Waals surface area (Å²) in [4.78, 5) is 28.3. The molecule has 0 unspecified atom stereocenters. The van der Waals surface area contributed by atoms with Crippen LogP contribution >= 0.6 is 0 Å². The van der Waals surface area contributed by atoms with Gasteiger partial charge in [0.05, 0.1) is 13.1 Å². The Morgan fingerprint density at radius 1 is 0.963 bits per heavy atom. The van der Waals surface area contributed by atoms with E-state index < -0.39 is 0 Å². The normalized spacial score (nSPS) is 10.7.